The number of nitro groups is 1. The Kier molecular flexibility index (Phi) is 7.20. The Bertz CT molecular complexity index is 846. The smallest absolute Gasteiger partial charge is 0.292 e. The van der Waals surface area contributed by atoms with Crippen LogP contribution in [0.2, 0.25) is 0 Å². The maximum Gasteiger partial charge on any atom is 0.292 e. The zero-order chi connectivity index (χ0) is 20.0. The molecule has 0 aromatic heterocycles. The van der Waals surface area contributed by atoms with Gasteiger partial charge in [0, 0.05) is 11.6 Å². The lowest BCUT2D eigenvalue weighted by molar-refractivity contribution is -0.383. The Morgan fingerprint density at radius 3 is 2.22 bits per heavy atom. The molecule has 0 saturated heterocycles. The number of thiocarbonyl (C=S) groups is 1. The van der Waals surface area contributed by atoms with Crippen molar-refractivity contribution in [2.45, 2.75) is 9.96 Å². The van der Waals surface area contributed by atoms with Crippen LogP contribution >= 0.6 is 47.0 Å². The highest BCUT2D eigenvalue weighted by atomic mass is 35.6. The molecule has 3 N–H and O–H groups in total. The third kappa shape index (κ3) is 6.21. The molecule has 1 amide bonds. The van der Waals surface area contributed by atoms with Crippen LogP contribution in [0.4, 0.5) is 11.4 Å². The summed E-state index contributed by atoms with van der Waals surface area (Å²) in [5.41, 5.74) is 0.328. The van der Waals surface area contributed by atoms with Crippen molar-refractivity contribution in [2.24, 2.45) is 0 Å². The van der Waals surface area contributed by atoms with Crippen LogP contribution in [0.3, 0.4) is 0 Å². The number of halogens is 3. The Hall–Kier alpha value is -2.13. The quantitative estimate of drug-likeness (QED) is 0.211. The van der Waals surface area contributed by atoms with E-state index in [4.69, 9.17) is 47.0 Å². The van der Waals surface area contributed by atoms with Gasteiger partial charge in [0.25, 0.3) is 11.6 Å². The Labute approximate surface area is 175 Å². The van der Waals surface area contributed by atoms with Gasteiger partial charge >= 0.3 is 0 Å². The van der Waals surface area contributed by atoms with E-state index in [0.717, 1.165) is 0 Å². The van der Waals surface area contributed by atoms with Crippen molar-refractivity contribution >= 4 is 69.4 Å². The van der Waals surface area contributed by atoms with Crippen LogP contribution in [0.15, 0.2) is 54.6 Å². The number of para-hydroxylation sites is 2. The number of rotatable bonds is 5. The number of amides is 1. The minimum absolute atomic E-state index is 0.0750. The summed E-state index contributed by atoms with van der Waals surface area (Å²) in [7, 11) is 0. The van der Waals surface area contributed by atoms with Crippen molar-refractivity contribution in [3.05, 3.63) is 70.3 Å². The van der Waals surface area contributed by atoms with Gasteiger partial charge < -0.3 is 16.0 Å². The van der Waals surface area contributed by atoms with Gasteiger partial charge in [0.2, 0.25) is 3.79 Å². The number of carbonyl (C=O) groups excluding carboxylic acids is 1. The molecule has 142 valence electrons. The fraction of sp³-hybridized carbons (Fsp3) is 0.125. The highest BCUT2D eigenvalue weighted by Crippen LogP contribution is 2.29. The van der Waals surface area contributed by atoms with Crippen molar-refractivity contribution in [2.75, 3.05) is 5.32 Å². The monoisotopic (exact) mass is 446 g/mol. The predicted molar refractivity (Wildman–Crippen MR) is 110 cm³/mol. The molecule has 27 heavy (non-hydrogen) atoms. The summed E-state index contributed by atoms with van der Waals surface area (Å²) in [5, 5.41) is 18.8. The summed E-state index contributed by atoms with van der Waals surface area (Å²) in [6.45, 7) is 0. The fourth-order valence-electron chi connectivity index (χ4n) is 2.03. The largest absolute Gasteiger partial charge is 0.339 e. The molecule has 0 aliphatic heterocycles. The molecule has 7 nitrogen and oxygen atoms in total. The van der Waals surface area contributed by atoms with E-state index in [2.05, 4.69) is 16.0 Å². The predicted octanol–water partition coefficient (Wildman–Crippen LogP) is 4.01. The van der Waals surface area contributed by atoms with Gasteiger partial charge in [-0.1, -0.05) is 65.1 Å². The number of alkyl halides is 3. The highest BCUT2D eigenvalue weighted by molar-refractivity contribution is 7.80. The molecule has 2 aromatic carbocycles. The number of hydrogen-bond acceptors (Lipinski definition) is 4. The molecule has 0 spiro atoms. The molecule has 0 radical (unpaired) electrons. The fourth-order valence-corrected chi connectivity index (χ4v) is 2.59. The number of nitrogens with one attached hydrogen (secondary N) is 3. The summed E-state index contributed by atoms with van der Waals surface area (Å²) in [4.78, 5) is 22.8. The molecule has 0 saturated carbocycles. The maximum absolute atomic E-state index is 12.3. The van der Waals surface area contributed by atoms with E-state index < -0.39 is 20.8 Å². The zero-order valence-corrected chi connectivity index (χ0v) is 16.6. The third-order valence-electron chi connectivity index (χ3n) is 3.26. The normalized spacial score (nSPS) is 12.0. The number of nitrogens with zero attached hydrogens (tertiary/aromatic N) is 1. The lowest BCUT2D eigenvalue weighted by Crippen LogP contribution is -2.56. The Morgan fingerprint density at radius 2 is 1.63 bits per heavy atom. The number of hydrogen-bond donors (Lipinski definition) is 3. The van der Waals surface area contributed by atoms with E-state index in [-0.39, 0.29) is 16.5 Å². The standard InChI is InChI=1S/C16H13Cl3N4O3S/c17-16(18,19)14(21-13(24)10-6-2-1-3-7-10)22-15(27)20-11-8-4-5-9-12(11)23(25)26/h1-9,14H,(H,21,24)(H2,20,22,27)/t14-/m1/s1. The van der Waals surface area contributed by atoms with E-state index >= 15 is 0 Å². The summed E-state index contributed by atoms with van der Waals surface area (Å²) in [6, 6.07) is 14.2. The molecular weight excluding hydrogens is 435 g/mol. The Balaban J connectivity index is 2.11. The van der Waals surface area contributed by atoms with Gasteiger partial charge in [-0.3, -0.25) is 14.9 Å². The molecule has 2 aromatic rings. The number of carbonyl (C=O) groups is 1. The Morgan fingerprint density at radius 1 is 1.04 bits per heavy atom. The van der Waals surface area contributed by atoms with Crippen LogP contribution in [0.1, 0.15) is 10.4 Å². The van der Waals surface area contributed by atoms with Gasteiger partial charge in [-0.15, -0.1) is 0 Å². The second kappa shape index (κ2) is 9.18. The van der Waals surface area contributed by atoms with Gasteiger partial charge in [-0.2, -0.15) is 0 Å². The number of benzene rings is 2. The third-order valence-corrected chi connectivity index (χ3v) is 4.14. The van der Waals surface area contributed by atoms with Crippen LogP contribution in [0.5, 0.6) is 0 Å². The molecule has 2 rings (SSSR count). The SMILES string of the molecule is O=C(N[C@H](NC(=S)Nc1ccccc1[N+](=O)[O-])C(Cl)(Cl)Cl)c1ccccc1. The van der Waals surface area contributed by atoms with Crippen LogP contribution in [0.25, 0.3) is 0 Å². The van der Waals surface area contributed by atoms with Crippen molar-refractivity contribution < 1.29 is 9.72 Å². The second-order valence-corrected chi connectivity index (χ2v) is 7.96. The minimum Gasteiger partial charge on any atom is -0.339 e. The van der Waals surface area contributed by atoms with Crippen LogP contribution in [-0.2, 0) is 0 Å². The molecule has 11 heteroatoms. The van der Waals surface area contributed by atoms with E-state index in [0.29, 0.717) is 5.56 Å². The first-order chi connectivity index (χ1) is 12.7. The summed E-state index contributed by atoms with van der Waals surface area (Å²) >= 11 is 22.9. The molecule has 0 bridgehead atoms. The minimum atomic E-state index is -1.95. The first-order valence-electron chi connectivity index (χ1n) is 7.42. The van der Waals surface area contributed by atoms with Crippen LogP contribution in [0, 0.1) is 10.1 Å². The van der Waals surface area contributed by atoms with Crippen molar-refractivity contribution in [1.29, 1.82) is 0 Å². The second-order valence-electron chi connectivity index (χ2n) is 5.19. The lowest BCUT2D eigenvalue weighted by atomic mass is 10.2. The van der Waals surface area contributed by atoms with Crippen molar-refractivity contribution in [3.63, 3.8) is 0 Å². The van der Waals surface area contributed by atoms with Crippen molar-refractivity contribution in [3.8, 4) is 0 Å². The molecule has 0 heterocycles. The average molecular weight is 448 g/mol. The van der Waals surface area contributed by atoms with E-state index in [9.17, 15) is 14.9 Å². The van der Waals surface area contributed by atoms with Gasteiger partial charge in [-0.05, 0) is 30.4 Å². The van der Waals surface area contributed by atoms with Gasteiger partial charge in [0.05, 0.1) is 4.92 Å². The van der Waals surface area contributed by atoms with Gasteiger partial charge in [-0.25, -0.2) is 0 Å². The van der Waals surface area contributed by atoms with Crippen LogP contribution in [-0.4, -0.2) is 25.9 Å². The zero-order valence-electron chi connectivity index (χ0n) is 13.5. The number of anilines is 1. The molecule has 0 aliphatic carbocycles. The molecular formula is C16H13Cl3N4O3S. The summed E-state index contributed by atoms with van der Waals surface area (Å²) in [6.07, 6.45) is -1.20. The molecule has 0 aliphatic rings. The summed E-state index contributed by atoms with van der Waals surface area (Å²) in [5.74, 6) is -0.493. The van der Waals surface area contributed by atoms with E-state index in [1.165, 1.54) is 18.2 Å². The first kappa shape index (κ1) is 21.2. The molecule has 0 fully saturated rings. The van der Waals surface area contributed by atoms with E-state index in [1.807, 2.05) is 0 Å². The van der Waals surface area contributed by atoms with Gasteiger partial charge in [0.15, 0.2) is 5.11 Å². The van der Waals surface area contributed by atoms with Crippen molar-refractivity contribution in [1.82, 2.24) is 10.6 Å². The highest BCUT2D eigenvalue weighted by Gasteiger charge is 2.35. The molecule has 1 atom stereocenters. The average Bonchev–Trinajstić information content (AvgIpc) is 2.61. The van der Waals surface area contributed by atoms with Crippen LogP contribution < -0.4 is 16.0 Å². The lowest BCUT2D eigenvalue weighted by Gasteiger charge is -2.27. The summed E-state index contributed by atoms with van der Waals surface area (Å²) < 4.78 is -1.95. The maximum atomic E-state index is 12.3. The first-order valence-corrected chi connectivity index (χ1v) is 8.96. The number of nitro benzene ring substituents is 1. The van der Waals surface area contributed by atoms with Gasteiger partial charge in [0.1, 0.15) is 11.9 Å². The molecule has 0 unspecified atom stereocenters. The topological polar surface area (TPSA) is 96.3 Å². The van der Waals surface area contributed by atoms with E-state index in [1.54, 1.807) is 36.4 Å².